The molecule has 0 saturated carbocycles. The van der Waals surface area contributed by atoms with Crippen molar-refractivity contribution >= 4 is 5.91 Å². The Morgan fingerprint density at radius 3 is 2.94 bits per heavy atom. The van der Waals surface area contributed by atoms with E-state index in [-0.39, 0.29) is 17.4 Å². The van der Waals surface area contributed by atoms with Crippen LogP contribution in [0.5, 0.6) is 0 Å². The van der Waals surface area contributed by atoms with Crippen LogP contribution in [0.2, 0.25) is 0 Å². The first-order chi connectivity index (χ1) is 8.17. The quantitative estimate of drug-likeness (QED) is 0.714. The predicted molar refractivity (Wildman–Crippen MR) is 63.7 cm³/mol. The normalized spacial score (nSPS) is 37.3. The van der Waals surface area contributed by atoms with Crippen LogP contribution in [-0.2, 0) is 14.3 Å². The van der Waals surface area contributed by atoms with Gasteiger partial charge in [0.2, 0.25) is 5.91 Å². The zero-order valence-corrected chi connectivity index (χ0v) is 10.6. The van der Waals surface area contributed by atoms with Crippen molar-refractivity contribution in [2.45, 2.75) is 18.9 Å². The Morgan fingerprint density at radius 2 is 2.41 bits per heavy atom. The lowest BCUT2D eigenvalue weighted by Gasteiger charge is -2.27. The fourth-order valence-electron chi connectivity index (χ4n) is 2.50. The summed E-state index contributed by atoms with van der Waals surface area (Å²) in [6.45, 7) is 5.65. The average Bonchev–Trinajstić information content (AvgIpc) is 2.95. The summed E-state index contributed by atoms with van der Waals surface area (Å²) in [4.78, 5) is 12.0. The Bertz CT molecular complexity index is 277. The lowest BCUT2D eigenvalue weighted by Crippen LogP contribution is -2.47. The van der Waals surface area contributed by atoms with Crippen LogP contribution in [0, 0.1) is 11.8 Å². The summed E-state index contributed by atoms with van der Waals surface area (Å²) in [5, 5.41) is 6.24. The molecule has 2 heterocycles. The van der Waals surface area contributed by atoms with Crippen LogP contribution in [0.3, 0.4) is 0 Å². The summed E-state index contributed by atoms with van der Waals surface area (Å²) in [5.41, 5.74) is -0.315. The van der Waals surface area contributed by atoms with Crippen LogP contribution in [0.25, 0.3) is 0 Å². The molecule has 0 spiro atoms. The molecule has 2 saturated heterocycles. The van der Waals surface area contributed by atoms with Gasteiger partial charge in [0.1, 0.15) is 5.60 Å². The molecular weight excluding hydrogens is 220 g/mol. The molecule has 2 fully saturated rings. The number of carbonyl (C=O) groups is 1. The maximum Gasteiger partial charge on any atom is 0.224 e. The number of nitrogens with one attached hydrogen (secondary N) is 2. The molecule has 0 aromatic carbocycles. The van der Waals surface area contributed by atoms with Crippen molar-refractivity contribution in [1.29, 1.82) is 0 Å². The third-order valence-corrected chi connectivity index (χ3v) is 3.94. The first-order valence-corrected chi connectivity index (χ1v) is 6.28. The summed E-state index contributed by atoms with van der Waals surface area (Å²) in [5.74, 6) is 0.630. The monoisotopic (exact) mass is 242 g/mol. The van der Waals surface area contributed by atoms with E-state index in [4.69, 9.17) is 9.47 Å². The second-order valence-corrected chi connectivity index (χ2v) is 5.15. The van der Waals surface area contributed by atoms with E-state index >= 15 is 0 Å². The number of hydrogen-bond donors (Lipinski definition) is 2. The maximum atomic E-state index is 12.0. The molecule has 0 radical (unpaired) electrons. The lowest BCUT2D eigenvalue weighted by atomic mass is 9.96. The van der Waals surface area contributed by atoms with Crippen LogP contribution >= 0.6 is 0 Å². The van der Waals surface area contributed by atoms with Gasteiger partial charge < -0.3 is 20.1 Å². The molecule has 2 aliphatic rings. The van der Waals surface area contributed by atoms with Gasteiger partial charge in [0, 0.05) is 33.2 Å². The van der Waals surface area contributed by atoms with Crippen LogP contribution in [0.1, 0.15) is 13.3 Å². The molecule has 2 N–H and O–H groups in total. The van der Waals surface area contributed by atoms with Crippen molar-refractivity contribution < 1.29 is 14.3 Å². The zero-order valence-electron chi connectivity index (χ0n) is 10.6. The van der Waals surface area contributed by atoms with Gasteiger partial charge in [-0.05, 0) is 12.5 Å². The molecule has 98 valence electrons. The van der Waals surface area contributed by atoms with E-state index in [0.29, 0.717) is 25.7 Å². The van der Waals surface area contributed by atoms with Crippen molar-refractivity contribution in [3.63, 3.8) is 0 Å². The average molecular weight is 242 g/mol. The number of carbonyl (C=O) groups excluding carboxylic acids is 1. The number of rotatable bonds is 4. The number of amides is 1. The van der Waals surface area contributed by atoms with E-state index in [1.54, 1.807) is 7.11 Å². The minimum atomic E-state index is -0.315. The molecule has 3 atom stereocenters. The molecular formula is C12H22N2O3. The SMILES string of the molecule is COC1(CNC(=O)[C@@H]2CNC[C@H]2C)CCOC1. The number of ether oxygens (including phenoxy) is 2. The van der Waals surface area contributed by atoms with Gasteiger partial charge in [-0.3, -0.25) is 4.79 Å². The van der Waals surface area contributed by atoms with Gasteiger partial charge in [0.05, 0.1) is 12.5 Å². The highest BCUT2D eigenvalue weighted by Crippen LogP contribution is 2.22. The lowest BCUT2D eigenvalue weighted by molar-refractivity contribution is -0.127. The molecule has 0 aromatic rings. The standard InChI is InChI=1S/C12H22N2O3/c1-9-5-13-6-10(9)11(15)14-7-12(16-2)3-4-17-8-12/h9-10,13H,3-8H2,1-2H3,(H,14,15)/t9-,10-,12?/m1/s1. The fraction of sp³-hybridized carbons (Fsp3) is 0.917. The molecule has 0 bridgehead atoms. The third kappa shape index (κ3) is 2.78. The molecule has 2 aliphatic heterocycles. The van der Waals surface area contributed by atoms with Crippen molar-refractivity contribution in [3.8, 4) is 0 Å². The van der Waals surface area contributed by atoms with E-state index in [1.165, 1.54) is 0 Å². The summed E-state index contributed by atoms with van der Waals surface area (Å²) in [6.07, 6.45) is 0.849. The van der Waals surface area contributed by atoms with Gasteiger partial charge >= 0.3 is 0 Å². The van der Waals surface area contributed by atoms with E-state index in [1.807, 2.05) is 0 Å². The Morgan fingerprint density at radius 1 is 1.59 bits per heavy atom. The van der Waals surface area contributed by atoms with Gasteiger partial charge in [-0.2, -0.15) is 0 Å². The Balaban J connectivity index is 1.82. The molecule has 1 amide bonds. The Kier molecular flexibility index (Phi) is 4.01. The van der Waals surface area contributed by atoms with Gasteiger partial charge in [0.25, 0.3) is 0 Å². The Hall–Kier alpha value is -0.650. The largest absolute Gasteiger partial charge is 0.378 e. The molecule has 5 nitrogen and oxygen atoms in total. The van der Waals surface area contributed by atoms with Crippen molar-refractivity contribution in [3.05, 3.63) is 0 Å². The molecule has 17 heavy (non-hydrogen) atoms. The third-order valence-electron chi connectivity index (χ3n) is 3.94. The number of hydrogen-bond acceptors (Lipinski definition) is 4. The first kappa shape index (κ1) is 12.8. The van der Waals surface area contributed by atoms with E-state index in [0.717, 1.165) is 19.5 Å². The predicted octanol–water partition coefficient (Wildman–Crippen LogP) is -0.236. The minimum absolute atomic E-state index is 0.0891. The summed E-state index contributed by atoms with van der Waals surface area (Å²) >= 11 is 0. The molecule has 2 rings (SSSR count). The molecule has 0 aromatic heterocycles. The highest BCUT2D eigenvalue weighted by atomic mass is 16.5. The molecule has 1 unspecified atom stereocenters. The summed E-state index contributed by atoms with van der Waals surface area (Å²) in [7, 11) is 1.68. The van der Waals surface area contributed by atoms with Crippen molar-refractivity contribution in [2.24, 2.45) is 11.8 Å². The van der Waals surface area contributed by atoms with E-state index in [2.05, 4.69) is 17.6 Å². The maximum absolute atomic E-state index is 12.0. The first-order valence-electron chi connectivity index (χ1n) is 6.28. The highest BCUT2D eigenvalue weighted by molar-refractivity contribution is 5.79. The summed E-state index contributed by atoms with van der Waals surface area (Å²) < 4.78 is 10.8. The topological polar surface area (TPSA) is 59.6 Å². The van der Waals surface area contributed by atoms with Crippen LogP contribution < -0.4 is 10.6 Å². The van der Waals surface area contributed by atoms with E-state index in [9.17, 15) is 4.79 Å². The van der Waals surface area contributed by atoms with Crippen LogP contribution in [0.4, 0.5) is 0 Å². The molecule has 0 aliphatic carbocycles. The second-order valence-electron chi connectivity index (χ2n) is 5.15. The van der Waals surface area contributed by atoms with Gasteiger partial charge in [-0.1, -0.05) is 6.92 Å². The van der Waals surface area contributed by atoms with E-state index < -0.39 is 0 Å². The minimum Gasteiger partial charge on any atom is -0.378 e. The fourth-order valence-corrected chi connectivity index (χ4v) is 2.50. The Labute approximate surface area is 102 Å². The van der Waals surface area contributed by atoms with Crippen molar-refractivity contribution in [1.82, 2.24) is 10.6 Å². The van der Waals surface area contributed by atoms with Gasteiger partial charge in [0.15, 0.2) is 0 Å². The highest BCUT2D eigenvalue weighted by Gasteiger charge is 2.37. The molecule has 5 heteroatoms. The van der Waals surface area contributed by atoms with Crippen LogP contribution in [0.15, 0.2) is 0 Å². The zero-order chi connectivity index (χ0) is 12.3. The van der Waals surface area contributed by atoms with Gasteiger partial charge in [-0.25, -0.2) is 0 Å². The smallest absolute Gasteiger partial charge is 0.224 e. The number of methoxy groups -OCH3 is 1. The van der Waals surface area contributed by atoms with Crippen LogP contribution in [-0.4, -0.2) is 51.5 Å². The second kappa shape index (κ2) is 5.33. The summed E-state index contributed by atoms with van der Waals surface area (Å²) in [6, 6.07) is 0. The van der Waals surface area contributed by atoms with Crippen molar-refractivity contribution in [2.75, 3.05) is 40.0 Å². The van der Waals surface area contributed by atoms with Gasteiger partial charge in [-0.15, -0.1) is 0 Å².